The van der Waals surface area contributed by atoms with Crippen LogP contribution in [0.1, 0.15) is 34.1 Å². The molecular formula is C13H19NO5. The summed E-state index contributed by atoms with van der Waals surface area (Å²) in [5.41, 5.74) is -0.582. The van der Waals surface area contributed by atoms with E-state index in [2.05, 4.69) is 0 Å². The topological polar surface area (TPSA) is 83.9 Å². The van der Waals surface area contributed by atoms with Crippen molar-refractivity contribution < 1.29 is 24.2 Å². The first-order chi connectivity index (χ1) is 8.67. The van der Waals surface area contributed by atoms with Crippen molar-refractivity contribution in [3.8, 4) is 0 Å². The molecule has 19 heavy (non-hydrogen) atoms. The molecule has 1 aliphatic heterocycles. The zero-order valence-electron chi connectivity index (χ0n) is 11.6. The van der Waals surface area contributed by atoms with E-state index in [4.69, 9.17) is 4.74 Å². The summed E-state index contributed by atoms with van der Waals surface area (Å²) in [6.45, 7) is 6.59. The first-order valence-electron chi connectivity index (χ1n) is 6.13. The van der Waals surface area contributed by atoms with Crippen LogP contribution < -0.4 is 0 Å². The van der Waals surface area contributed by atoms with Crippen molar-refractivity contribution in [2.24, 2.45) is 0 Å². The lowest BCUT2D eigenvalue weighted by molar-refractivity contribution is -0.140. The number of nitrogens with zero attached hydrogens (tertiary/aromatic N) is 1. The van der Waals surface area contributed by atoms with Crippen molar-refractivity contribution in [2.75, 3.05) is 6.54 Å². The number of ether oxygens (including phenoxy) is 1. The maximum Gasteiger partial charge on any atom is 0.411 e. The number of carboxylic acids is 1. The zero-order chi connectivity index (χ0) is 14.8. The molecule has 0 saturated carbocycles. The van der Waals surface area contributed by atoms with E-state index in [-0.39, 0.29) is 17.9 Å². The summed E-state index contributed by atoms with van der Waals surface area (Å²) in [6, 6.07) is -1.25. The third-order valence-electron chi connectivity index (χ3n) is 2.53. The van der Waals surface area contributed by atoms with Gasteiger partial charge < -0.3 is 9.84 Å². The largest absolute Gasteiger partial charge is 0.479 e. The fraction of sp³-hybridized carbons (Fsp3) is 0.615. The van der Waals surface area contributed by atoms with Crippen LogP contribution in [0, 0.1) is 0 Å². The van der Waals surface area contributed by atoms with Crippen LogP contribution in [0.3, 0.4) is 0 Å². The highest BCUT2D eigenvalue weighted by molar-refractivity contribution is 6.08. The first kappa shape index (κ1) is 15.2. The fourth-order valence-corrected chi connectivity index (χ4v) is 1.86. The predicted molar refractivity (Wildman–Crippen MR) is 67.7 cm³/mol. The number of ketones is 1. The number of carbonyl (C=O) groups excluding carboxylic acids is 2. The van der Waals surface area contributed by atoms with Gasteiger partial charge in [-0.05, 0) is 27.2 Å². The molecule has 0 aromatic heterocycles. The molecule has 0 aliphatic carbocycles. The average Bonchev–Trinajstić information content (AvgIpc) is 2.54. The van der Waals surface area contributed by atoms with Gasteiger partial charge in [-0.25, -0.2) is 9.59 Å². The Morgan fingerprint density at radius 2 is 2.05 bits per heavy atom. The molecule has 106 valence electrons. The Balaban J connectivity index is 3.02. The van der Waals surface area contributed by atoms with E-state index in [1.54, 1.807) is 33.8 Å². The van der Waals surface area contributed by atoms with E-state index in [0.717, 1.165) is 4.90 Å². The standard InChI is InChI=1S/C13H19NO5/c1-5-6-8-9(15)7-14(10(8)11(16)17)12(18)19-13(2,3)4/h6,10H,5,7H2,1-4H3,(H,16,17)/b8-6-/t10-/m0/s1. The minimum Gasteiger partial charge on any atom is -0.479 e. The van der Waals surface area contributed by atoms with Gasteiger partial charge in [-0.3, -0.25) is 9.69 Å². The Kier molecular flexibility index (Phi) is 4.34. The van der Waals surface area contributed by atoms with Gasteiger partial charge >= 0.3 is 12.1 Å². The van der Waals surface area contributed by atoms with Crippen LogP contribution in [0.2, 0.25) is 0 Å². The molecule has 1 saturated heterocycles. The molecule has 1 heterocycles. The first-order valence-corrected chi connectivity index (χ1v) is 6.13. The number of amides is 1. The number of allylic oxidation sites excluding steroid dienone is 1. The third kappa shape index (κ3) is 3.56. The monoisotopic (exact) mass is 269 g/mol. The van der Waals surface area contributed by atoms with Gasteiger partial charge in [-0.2, -0.15) is 0 Å². The summed E-state index contributed by atoms with van der Waals surface area (Å²) in [5.74, 6) is -1.57. The lowest BCUT2D eigenvalue weighted by atomic mass is 10.1. The lowest BCUT2D eigenvalue weighted by Gasteiger charge is -2.26. The van der Waals surface area contributed by atoms with Crippen molar-refractivity contribution in [1.82, 2.24) is 4.90 Å². The highest BCUT2D eigenvalue weighted by Gasteiger charge is 2.44. The second kappa shape index (κ2) is 5.42. The highest BCUT2D eigenvalue weighted by atomic mass is 16.6. The lowest BCUT2D eigenvalue weighted by Crippen LogP contribution is -2.43. The Labute approximate surface area is 112 Å². The quantitative estimate of drug-likeness (QED) is 0.770. The van der Waals surface area contributed by atoms with Crippen LogP contribution in [0.25, 0.3) is 0 Å². The van der Waals surface area contributed by atoms with E-state index < -0.39 is 23.7 Å². The van der Waals surface area contributed by atoms with Crippen molar-refractivity contribution in [2.45, 2.75) is 45.8 Å². The Bertz CT molecular complexity index is 433. The maximum atomic E-state index is 11.9. The molecule has 6 nitrogen and oxygen atoms in total. The maximum absolute atomic E-state index is 11.9. The second-order valence-electron chi connectivity index (χ2n) is 5.34. The Hall–Kier alpha value is -1.85. The van der Waals surface area contributed by atoms with Gasteiger partial charge in [0, 0.05) is 5.57 Å². The zero-order valence-corrected chi connectivity index (χ0v) is 11.6. The molecule has 1 aliphatic rings. The van der Waals surface area contributed by atoms with Gasteiger partial charge in [0.15, 0.2) is 11.8 Å². The minimum absolute atomic E-state index is 0.154. The SMILES string of the molecule is CC/C=C1/C(=O)CN(C(=O)OC(C)(C)C)[C@@H]1C(=O)O. The van der Waals surface area contributed by atoms with Crippen molar-refractivity contribution >= 4 is 17.8 Å². The van der Waals surface area contributed by atoms with Crippen LogP contribution in [0.15, 0.2) is 11.6 Å². The van der Waals surface area contributed by atoms with Gasteiger partial charge in [-0.1, -0.05) is 13.0 Å². The van der Waals surface area contributed by atoms with Crippen molar-refractivity contribution in [1.29, 1.82) is 0 Å². The molecule has 0 bridgehead atoms. The molecule has 1 rings (SSSR count). The van der Waals surface area contributed by atoms with Crippen LogP contribution in [0.4, 0.5) is 4.79 Å². The number of Topliss-reactive ketones (excluding diaryl/α,β-unsaturated/α-hetero) is 1. The van der Waals surface area contributed by atoms with Gasteiger partial charge in [0.25, 0.3) is 0 Å². The van der Waals surface area contributed by atoms with Crippen molar-refractivity contribution in [3.05, 3.63) is 11.6 Å². The summed E-state index contributed by atoms with van der Waals surface area (Å²) in [4.78, 5) is 35.9. The normalized spacial score (nSPS) is 21.9. The summed E-state index contributed by atoms with van der Waals surface area (Å²) >= 11 is 0. The summed E-state index contributed by atoms with van der Waals surface area (Å²) in [5, 5.41) is 9.20. The highest BCUT2D eigenvalue weighted by Crippen LogP contribution is 2.24. The Morgan fingerprint density at radius 3 is 2.47 bits per heavy atom. The number of rotatable bonds is 2. The number of carbonyl (C=O) groups is 3. The second-order valence-corrected chi connectivity index (χ2v) is 5.34. The number of hydrogen-bond donors (Lipinski definition) is 1. The van der Waals surface area contributed by atoms with Crippen LogP contribution in [-0.4, -0.2) is 46.0 Å². The minimum atomic E-state index is -1.25. The molecule has 6 heteroatoms. The van der Waals surface area contributed by atoms with Crippen LogP contribution >= 0.6 is 0 Å². The molecule has 1 fully saturated rings. The number of carboxylic acid groups (broad SMARTS) is 1. The molecule has 0 spiro atoms. The van der Waals surface area contributed by atoms with Gasteiger partial charge in [0.2, 0.25) is 0 Å². The van der Waals surface area contributed by atoms with E-state index in [1.807, 2.05) is 0 Å². The molecule has 1 atom stereocenters. The summed E-state index contributed by atoms with van der Waals surface area (Å²) in [7, 11) is 0. The van der Waals surface area contributed by atoms with Crippen LogP contribution in [-0.2, 0) is 14.3 Å². The smallest absolute Gasteiger partial charge is 0.411 e. The van der Waals surface area contributed by atoms with Crippen molar-refractivity contribution in [3.63, 3.8) is 0 Å². The van der Waals surface area contributed by atoms with Gasteiger partial charge in [0.05, 0.1) is 6.54 Å². The molecule has 0 unspecified atom stereocenters. The van der Waals surface area contributed by atoms with Crippen LogP contribution in [0.5, 0.6) is 0 Å². The number of likely N-dealkylation sites (tertiary alicyclic amines) is 1. The predicted octanol–water partition coefficient (Wildman–Crippen LogP) is 1.60. The van der Waals surface area contributed by atoms with E-state index in [1.165, 1.54) is 0 Å². The molecule has 0 radical (unpaired) electrons. The molecule has 0 aromatic rings. The number of aliphatic carboxylic acids is 1. The molecule has 0 aromatic carbocycles. The van der Waals surface area contributed by atoms with E-state index in [0.29, 0.717) is 6.42 Å². The molecule has 1 N–H and O–H groups in total. The molecule has 1 amide bonds. The van der Waals surface area contributed by atoms with E-state index in [9.17, 15) is 19.5 Å². The Morgan fingerprint density at radius 1 is 1.47 bits per heavy atom. The van der Waals surface area contributed by atoms with Gasteiger partial charge in [0.1, 0.15) is 5.60 Å². The van der Waals surface area contributed by atoms with Gasteiger partial charge in [-0.15, -0.1) is 0 Å². The molecular weight excluding hydrogens is 250 g/mol. The number of hydrogen-bond acceptors (Lipinski definition) is 4. The summed E-state index contributed by atoms with van der Waals surface area (Å²) in [6.07, 6.45) is 1.30. The third-order valence-corrected chi connectivity index (χ3v) is 2.53. The summed E-state index contributed by atoms with van der Waals surface area (Å²) < 4.78 is 5.12. The average molecular weight is 269 g/mol. The van der Waals surface area contributed by atoms with E-state index >= 15 is 0 Å². The fourth-order valence-electron chi connectivity index (χ4n) is 1.86.